The first-order chi connectivity index (χ1) is 16.1. The van der Waals surface area contributed by atoms with Crippen LogP contribution in [0.5, 0.6) is 11.5 Å². The monoisotopic (exact) mass is 474 g/mol. The molecule has 5 nitrogen and oxygen atoms in total. The lowest BCUT2D eigenvalue weighted by molar-refractivity contribution is 0.0602. The fraction of sp³-hybridized carbons (Fsp3) is 0.0769. The summed E-state index contributed by atoms with van der Waals surface area (Å²) < 4.78 is 10.8. The Bertz CT molecular complexity index is 1220. The minimum absolute atomic E-state index is 0.380. The minimum atomic E-state index is -0.404. The van der Waals surface area contributed by atoms with Crippen LogP contribution in [0.25, 0.3) is 0 Å². The lowest BCUT2D eigenvalue weighted by Crippen LogP contribution is -2.19. The number of ether oxygens (including phenoxy) is 2. The van der Waals surface area contributed by atoms with Crippen LogP contribution >= 0.6 is 23.6 Å². The molecule has 3 aromatic carbocycles. The van der Waals surface area contributed by atoms with E-state index in [0.29, 0.717) is 15.7 Å². The molecule has 0 atom stereocenters. The predicted octanol–water partition coefficient (Wildman–Crippen LogP) is 6.73. The summed E-state index contributed by atoms with van der Waals surface area (Å²) in [6.07, 6.45) is 0.722. The van der Waals surface area contributed by atoms with Gasteiger partial charge in [-0.05, 0) is 60.2 Å². The zero-order valence-electron chi connectivity index (χ0n) is 17.9. The lowest BCUT2D eigenvalue weighted by Gasteiger charge is -2.11. The summed E-state index contributed by atoms with van der Waals surface area (Å²) in [7, 11) is 1.37. The van der Waals surface area contributed by atoms with Crippen LogP contribution < -0.4 is 15.4 Å². The summed E-state index contributed by atoms with van der Waals surface area (Å²) in [5.74, 6) is 1.09. The van der Waals surface area contributed by atoms with Crippen molar-refractivity contribution in [2.45, 2.75) is 6.42 Å². The number of thiophene rings is 1. The highest BCUT2D eigenvalue weighted by Crippen LogP contribution is 2.31. The SMILES string of the molecule is COC(=O)c1cc(Cc2ccccc2)sc1NC(=S)Nc1ccc(Oc2ccccc2)cc1. The largest absolute Gasteiger partial charge is 0.465 e. The van der Waals surface area contributed by atoms with Crippen LogP contribution in [0.15, 0.2) is 91.0 Å². The fourth-order valence-corrected chi connectivity index (χ4v) is 4.54. The number of rotatable bonds is 7. The number of thiocarbonyl (C=S) groups is 1. The van der Waals surface area contributed by atoms with Crippen molar-refractivity contribution in [3.05, 3.63) is 107 Å². The molecule has 0 radical (unpaired) electrons. The van der Waals surface area contributed by atoms with Crippen LogP contribution in [0.4, 0.5) is 10.7 Å². The van der Waals surface area contributed by atoms with E-state index in [0.717, 1.165) is 28.5 Å². The van der Waals surface area contributed by atoms with Crippen molar-refractivity contribution in [3.63, 3.8) is 0 Å². The molecule has 0 aliphatic heterocycles. The summed E-state index contributed by atoms with van der Waals surface area (Å²) >= 11 is 6.96. The predicted molar refractivity (Wildman–Crippen MR) is 138 cm³/mol. The van der Waals surface area contributed by atoms with Crippen molar-refractivity contribution in [3.8, 4) is 11.5 Å². The van der Waals surface area contributed by atoms with Crippen molar-refractivity contribution in [2.24, 2.45) is 0 Å². The number of nitrogens with one attached hydrogen (secondary N) is 2. The van der Waals surface area contributed by atoms with E-state index < -0.39 is 5.97 Å². The second-order valence-electron chi connectivity index (χ2n) is 7.13. The van der Waals surface area contributed by atoms with E-state index in [1.807, 2.05) is 78.9 Å². The van der Waals surface area contributed by atoms with Gasteiger partial charge in [-0.1, -0.05) is 48.5 Å². The van der Waals surface area contributed by atoms with Crippen LogP contribution in [0, 0.1) is 0 Å². The third-order valence-electron chi connectivity index (χ3n) is 4.73. The number of benzene rings is 3. The minimum Gasteiger partial charge on any atom is -0.465 e. The van der Waals surface area contributed by atoms with E-state index in [4.69, 9.17) is 21.7 Å². The van der Waals surface area contributed by atoms with Gasteiger partial charge in [0.2, 0.25) is 0 Å². The van der Waals surface area contributed by atoms with E-state index >= 15 is 0 Å². The van der Waals surface area contributed by atoms with Crippen molar-refractivity contribution in [2.75, 3.05) is 17.7 Å². The van der Waals surface area contributed by atoms with Gasteiger partial charge in [0.1, 0.15) is 16.5 Å². The molecule has 0 amide bonds. The highest BCUT2D eigenvalue weighted by atomic mass is 32.1. The molecular formula is C26H22N2O3S2. The Kier molecular flexibility index (Phi) is 7.34. The van der Waals surface area contributed by atoms with Crippen LogP contribution in [0.3, 0.4) is 0 Å². The number of para-hydroxylation sites is 1. The highest BCUT2D eigenvalue weighted by molar-refractivity contribution is 7.80. The van der Waals surface area contributed by atoms with E-state index in [2.05, 4.69) is 22.8 Å². The van der Waals surface area contributed by atoms with Gasteiger partial charge in [-0.15, -0.1) is 11.3 Å². The quantitative estimate of drug-likeness (QED) is 0.229. The third kappa shape index (κ3) is 6.19. The molecule has 33 heavy (non-hydrogen) atoms. The Balaban J connectivity index is 1.42. The van der Waals surface area contributed by atoms with Gasteiger partial charge in [0.05, 0.1) is 12.7 Å². The number of esters is 1. The van der Waals surface area contributed by atoms with Crippen molar-refractivity contribution < 1.29 is 14.3 Å². The van der Waals surface area contributed by atoms with Gasteiger partial charge >= 0.3 is 5.97 Å². The molecule has 166 valence electrons. The van der Waals surface area contributed by atoms with E-state index in [-0.39, 0.29) is 0 Å². The molecule has 0 aliphatic carbocycles. The Morgan fingerprint density at radius 3 is 2.18 bits per heavy atom. The summed E-state index contributed by atoms with van der Waals surface area (Å²) in [5.41, 5.74) is 2.43. The van der Waals surface area contributed by atoms with Gasteiger partial charge in [0, 0.05) is 17.0 Å². The summed E-state index contributed by atoms with van der Waals surface area (Å²) in [6.45, 7) is 0. The summed E-state index contributed by atoms with van der Waals surface area (Å²) in [5, 5.41) is 7.31. The maximum absolute atomic E-state index is 12.3. The zero-order chi connectivity index (χ0) is 23.0. The van der Waals surface area contributed by atoms with Gasteiger partial charge in [0.15, 0.2) is 5.11 Å². The number of hydrogen-bond acceptors (Lipinski definition) is 5. The molecule has 0 spiro atoms. The number of anilines is 2. The molecule has 0 fully saturated rings. The number of carbonyl (C=O) groups excluding carboxylic acids is 1. The van der Waals surface area contributed by atoms with Crippen LogP contribution in [-0.4, -0.2) is 18.2 Å². The molecule has 1 aromatic heterocycles. The third-order valence-corrected chi connectivity index (χ3v) is 5.98. The average molecular weight is 475 g/mol. The Morgan fingerprint density at radius 2 is 1.52 bits per heavy atom. The molecular weight excluding hydrogens is 452 g/mol. The Labute approximate surface area is 202 Å². The Morgan fingerprint density at radius 1 is 0.879 bits per heavy atom. The zero-order valence-corrected chi connectivity index (χ0v) is 19.5. The first kappa shape index (κ1) is 22.5. The molecule has 0 saturated heterocycles. The molecule has 7 heteroatoms. The van der Waals surface area contributed by atoms with E-state index in [1.54, 1.807) is 0 Å². The van der Waals surface area contributed by atoms with Gasteiger partial charge in [-0.3, -0.25) is 0 Å². The lowest BCUT2D eigenvalue weighted by atomic mass is 10.1. The summed E-state index contributed by atoms with van der Waals surface area (Å²) in [6, 6.07) is 29.0. The molecule has 2 N–H and O–H groups in total. The van der Waals surface area contributed by atoms with Gasteiger partial charge in [0.25, 0.3) is 0 Å². The van der Waals surface area contributed by atoms with Crippen LogP contribution in [-0.2, 0) is 11.2 Å². The molecule has 1 heterocycles. The molecule has 4 rings (SSSR count). The second kappa shape index (κ2) is 10.8. The second-order valence-corrected chi connectivity index (χ2v) is 8.67. The standard InChI is InChI=1S/C26H22N2O3S2/c1-30-25(29)23-17-22(16-18-8-4-2-5-9-18)33-24(23)28-26(32)27-19-12-14-21(15-13-19)31-20-10-6-3-7-11-20/h2-15,17H,16H2,1H3,(H2,27,28,32). The maximum Gasteiger partial charge on any atom is 0.340 e. The normalized spacial score (nSPS) is 10.3. The molecule has 0 saturated carbocycles. The van der Waals surface area contributed by atoms with Crippen molar-refractivity contribution in [1.29, 1.82) is 0 Å². The van der Waals surface area contributed by atoms with Crippen molar-refractivity contribution in [1.82, 2.24) is 0 Å². The van der Waals surface area contributed by atoms with Gasteiger partial charge in [-0.2, -0.15) is 0 Å². The van der Waals surface area contributed by atoms with E-state index in [9.17, 15) is 4.79 Å². The molecule has 4 aromatic rings. The maximum atomic E-state index is 12.3. The van der Waals surface area contributed by atoms with Crippen LogP contribution in [0.2, 0.25) is 0 Å². The number of carbonyl (C=O) groups is 1. The molecule has 0 bridgehead atoms. The summed E-state index contributed by atoms with van der Waals surface area (Å²) in [4.78, 5) is 13.3. The van der Waals surface area contributed by atoms with Crippen molar-refractivity contribution >= 4 is 45.3 Å². The van der Waals surface area contributed by atoms with Crippen LogP contribution in [0.1, 0.15) is 20.8 Å². The topological polar surface area (TPSA) is 59.6 Å². The number of hydrogen-bond donors (Lipinski definition) is 2. The fourth-order valence-electron chi connectivity index (χ4n) is 3.18. The van der Waals surface area contributed by atoms with E-state index in [1.165, 1.54) is 24.0 Å². The molecule has 0 unspecified atom stereocenters. The average Bonchev–Trinajstić information content (AvgIpc) is 3.23. The van der Waals surface area contributed by atoms with Gasteiger partial charge < -0.3 is 20.1 Å². The first-order valence-electron chi connectivity index (χ1n) is 10.3. The first-order valence-corrected chi connectivity index (χ1v) is 11.5. The van der Waals surface area contributed by atoms with Gasteiger partial charge in [-0.25, -0.2) is 4.79 Å². The Hall–Kier alpha value is -3.68. The molecule has 0 aliphatic rings. The smallest absolute Gasteiger partial charge is 0.340 e. The highest BCUT2D eigenvalue weighted by Gasteiger charge is 2.18. The number of methoxy groups -OCH3 is 1.